The number of aromatic amines is 1. The molecule has 1 saturated heterocycles. The number of hydrogen-bond acceptors (Lipinski definition) is 4. The first kappa shape index (κ1) is 15.4. The first-order valence-electron chi connectivity index (χ1n) is 8.39. The van der Waals surface area contributed by atoms with Crippen molar-refractivity contribution in [2.45, 2.75) is 37.6 Å². The van der Waals surface area contributed by atoms with Gasteiger partial charge in [-0.2, -0.15) is 5.10 Å². The number of amides is 2. The summed E-state index contributed by atoms with van der Waals surface area (Å²) in [5.74, 6) is 0.445. The predicted molar refractivity (Wildman–Crippen MR) is 91.3 cm³/mol. The van der Waals surface area contributed by atoms with Gasteiger partial charge >= 0.3 is 0 Å². The van der Waals surface area contributed by atoms with Gasteiger partial charge in [0.15, 0.2) is 0 Å². The van der Waals surface area contributed by atoms with Crippen molar-refractivity contribution in [3.05, 3.63) is 39.8 Å². The maximum Gasteiger partial charge on any atom is 0.272 e. The van der Waals surface area contributed by atoms with Crippen molar-refractivity contribution in [2.24, 2.45) is 0 Å². The molecule has 0 spiro atoms. The van der Waals surface area contributed by atoms with Gasteiger partial charge in [0, 0.05) is 30.7 Å². The van der Waals surface area contributed by atoms with Crippen LogP contribution in [0.5, 0.6) is 0 Å². The summed E-state index contributed by atoms with van der Waals surface area (Å²) in [6.07, 6.45) is 4.13. The van der Waals surface area contributed by atoms with Crippen LogP contribution in [-0.2, 0) is 0 Å². The van der Waals surface area contributed by atoms with E-state index in [2.05, 4.69) is 15.5 Å². The number of hydrogen-bond donors (Lipinski definition) is 2. The number of H-pyrrole nitrogens is 1. The van der Waals surface area contributed by atoms with Crippen molar-refractivity contribution >= 4 is 23.2 Å². The van der Waals surface area contributed by atoms with E-state index in [1.54, 1.807) is 0 Å². The standard InChI is InChI=1S/C17H20N4O2S/c22-16(14-9-13(19-20-14)11-5-6-11)18-12-3-1-7-21(10-12)17(23)15-4-2-8-24-15/h2,4,8-9,11-12H,1,3,5-7,10H2,(H,18,22)(H,19,20)/t12-/m1/s1. The molecule has 2 amide bonds. The lowest BCUT2D eigenvalue weighted by atomic mass is 10.1. The van der Waals surface area contributed by atoms with Crippen LogP contribution >= 0.6 is 11.3 Å². The van der Waals surface area contributed by atoms with Crippen LogP contribution in [0.15, 0.2) is 23.6 Å². The van der Waals surface area contributed by atoms with E-state index in [0.29, 0.717) is 18.2 Å². The Kier molecular flexibility index (Phi) is 4.10. The van der Waals surface area contributed by atoms with Crippen molar-refractivity contribution in [3.63, 3.8) is 0 Å². The van der Waals surface area contributed by atoms with Gasteiger partial charge in [-0.3, -0.25) is 14.7 Å². The van der Waals surface area contributed by atoms with Gasteiger partial charge in [-0.25, -0.2) is 0 Å². The monoisotopic (exact) mass is 344 g/mol. The number of thiophene rings is 1. The number of nitrogens with one attached hydrogen (secondary N) is 2. The van der Waals surface area contributed by atoms with E-state index in [-0.39, 0.29) is 17.9 Å². The molecular weight excluding hydrogens is 324 g/mol. The summed E-state index contributed by atoms with van der Waals surface area (Å²) in [4.78, 5) is 27.4. The van der Waals surface area contributed by atoms with E-state index in [1.165, 1.54) is 24.2 Å². The fourth-order valence-electron chi connectivity index (χ4n) is 3.15. The molecule has 0 bridgehead atoms. The highest BCUT2D eigenvalue weighted by Gasteiger charge is 2.29. The molecule has 126 valence electrons. The first-order valence-corrected chi connectivity index (χ1v) is 9.27. The molecule has 0 aromatic carbocycles. The van der Waals surface area contributed by atoms with Crippen LogP contribution in [0, 0.1) is 0 Å². The summed E-state index contributed by atoms with van der Waals surface area (Å²) in [6.45, 7) is 1.31. The molecule has 2 N–H and O–H groups in total. The van der Waals surface area contributed by atoms with Crippen molar-refractivity contribution in [1.82, 2.24) is 20.4 Å². The Bertz CT molecular complexity index is 736. The van der Waals surface area contributed by atoms with Gasteiger partial charge in [0.1, 0.15) is 5.69 Å². The van der Waals surface area contributed by atoms with Gasteiger partial charge in [0.2, 0.25) is 0 Å². The Balaban J connectivity index is 1.37. The highest BCUT2D eigenvalue weighted by atomic mass is 32.1. The number of nitrogens with zero attached hydrogens (tertiary/aromatic N) is 2. The molecule has 6 nitrogen and oxygen atoms in total. The third-order valence-electron chi connectivity index (χ3n) is 4.62. The highest BCUT2D eigenvalue weighted by molar-refractivity contribution is 7.12. The van der Waals surface area contributed by atoms with E-state index in [1.807, 2.05) is 28.5 Å². The third-order valence-corrected chi connectivity index (χ3v) is 5.48. The molecule has 24 heavy (non-hydrogen) atoms. The van der Waals surface area contributed by atoms with Crippen LogP contribution < -0.4 is 5.32 Å². The van der Waals surface area contributed by atoms with E-state index >= 15 is 0 Å². The largest absolute Gasteiger partial charge is 0.346 e. The fraction of sp³-hybridized carbons (Fsp3) is 0.471. The highest BCUT2D eigenvalue weighted by Crippen LogP contribution is 2.38. The number of carbonyl (C=O) groups is 2. The Morgan fingerprint density at radius 3 is 2.96 bits per heavy atom. The Hall–Kier alpha value is -2.15. The Labute approximate surface area is 144 Å². The number of likely N-dealkylation sites (tertiary alicyclic amines) is 1. The van der Waals surface area contributed by atoms with Crippen molar-refractivity contribution in [2.75, 3.05) is 13.1 Å². The maximum absolute atomic E-state index is 12.5. The second kappa shape index (κ2) is 6.39. The number of rotatable bonds is 4. The molecular formula is C17H20N4O2S. The van der Waals surface area contributed by atoms with Crippen LogP contribution in [-0.4, -0.2) is 46.0 Å². The lowest BCUT2D eigenvalue weighted by molar-refractivity contribution is 0.0679. The van der Waals surface area contributed by atoms with Gasteiger partial charge in [0.05, 0.1) is 4.88 Å². The van der Waals surface area contributed by atoms with Crippen molar-refractivity contribution < 1.29 is 9.59 Å². The van der Waals surface area contributed by atoms with E-state index in [0.717, 1.165) is 30.0 Å². The molecule has 4 rings (SSSR count). The van der Waals surface area contributed by atoms with Crippen LogP contribution in [0.1, 0.15) is 57.5 Å². The molecule has 0 unspecified atom stereocenters. The predicted octanol–water partition coefficient (Wildman–Crippen LogP) is 2.38. The molecule has 1 aliphatic heterocycles. The van der Waals surface area contributed by atoms with Gasteiger partial charge in [-0.1, -0.05) is 6.07 Å². The maximum atomic E-state index is 12.5. The van der Waals surface area contributed by atoms with Gasteiger partial charge in [-0.15, -0.1) is 11.3 Å². The summed E-state index contributed by atoms with van der Waals surface area (Å²) in [7, 11) is 0. The SMILES string of the molecule is O=C(N[C@@H]1CCCN(C(=O)c2cccs2)C1)c1cc(C2CC2)[nH]n1. The molecule has 1 saturated carbocycles. The fourth-order valence-corrected chi connectivity index (χ4v) is 3.84. The van der Waals surface area contributed by atoms with Crippen LogP contribution in [0.4, 0.5) is 0 Å². The second-order valence-corrected chi connectivity index (χ2v) is 7.47. The summed E-state index contributed by atoms with van der Waals surface area (Å²) in [5, 5.41) is 12.0. The Morgan fingerprint density at radius 2 is 2.21 bits per heavy atom. The zero-order chi connectivity index (χ0) is 16.5. The smallest absolute Gasteiger partial charge is 0.272 e. The van der Waals surface area contributed by atoms with Crippen molar-refractivity contribution in [3.8, 4) is 0 Å². The summed E-state index contributed by atoms with van der Waals surface area (Å²) < 4.78 is 0. The van der Waals surface area contributed by atoms with Gasteiger partial charge in [0.25, 0.3) is 11.8 Å². The van der Waals surface area contributed by atoms with Gasteiger partial charge in [-0.05, 0) is 43.2 Å². The quantitative estimate of drug-likeness (QED) is 0.894. The molecule has 1 aliphatic carbocycles. The van der Waals surface area contributed by atoms with E-state index < -0.39 is 0 Å². The summed E-state index contributed by atoms with van der Waals surface area (Å²) in [5.41, 5.74) is 1.50. The number of piperidine rings is 1. The molecule has 0 radical (unpaired) electrons. The molecule has 3 heterocycles. The summed E-state index contributed by atoms with van der Waals surface area (Å²) >= 11 is 1.46. The average molecular weight is 344 g/mol. The molecule has 2 aromatic rings. The second-order valence-electron chi connectivity index (χ2n) is 6.52. The topological polar surface area (TPSA) is 78.1 Å². The lowest BCUT2D eigenvalue weighted by Gasteiger charge is -2.32. The molecule has 2 aromatic heterocycles. The molecule has 7 heteroatoms. The van der Waals surface area contributed by atoms with Crippen molar-refractivity contribution in [1.29, 1.82) is 0 Å². The first-order chi connectivity index (χ1) is 11.7. The summed E-state index contributed by atoms with van der Waals surface area (Å²) in [6, 6.07) is 5.56. The Morgan fingerprint density at radius 1 is 1.33 bits per heavy atom. The zero-order valence-electron chi connectivity index (χ0n) is 13.3. The van der Waals surface area contributed by atoms with Crippen LogP contribution in [0.3, 0.4) is 0 Å². The minimum Gasteiger partial charge on any atom is -0.346 e. The third kappa shape index (κ3) is 3.21. The number of carbonyl (C=O) groups excluding carboxylic acids is 2. The van der Waals surface area contributed by atoms with Gasteiger partial charge < -0.3 is 10.2 Å². The minimum absolute atomic E-state index is 0.0174. The zero-order valence-corrected chi connectivity index (χ0v) is 14.1. The van der Waals surface area contributed by atoms with E-state index in [9.17, 15) is 9.59 Å². The molecule has 1 atom stereocenters. The normalized spacial score (nSPS) is 20.8. The minimum atomic E-state index is -0.159. The molecule has 2 fully saturated rings. The van der Waals surface area contributed by atoms with Crippen LogP contribution in [0.2, 0.25) is 0 Å². The van der Waals surface area contributed by atoms with Crippen LogP contribution in [0.25, 0.3) is 0 Å². The lowest BCUT2D eigenvalue weighted by Crippen LogP contribution is -2.49. The molecule has 2 aliphatic rings. The number of aromatic nitrogens is 2. The average Bonchev–Trinajstić information content (AvgIpc) is 3.11. The van der Waals surface area contributed by atoms with E-state index in [4.69, 9.17) is 0 Å².